The summed E-state index contributed by atoms with van der Waals surface area (Å²) in [5.74, 6) is 0. The van der Waals surface area contributed by atoms with Crippen LogP contribution in [0.25, 0.3) is 5.70 Å². The Balaban J connectivity index is 2.90. The van der Waals surface area contributed by atoms with Crippen molar-refractivity contribution in [2.24, 2.45) is 0 Å². The first-order valence-corrected chi connectivity index (χ1v) is 4.16. The summed E-state index contributed by atoms with van der Waals surface area (Å²) in [4.78, 5) is 0. The van der Waals surface area contributed by atoms with Crippen LogP contribution in [0.1, 0.15) is 5.56 Å². The molecule has 11 heavy (non-hydrogen) atoms. The van der Waals surface area contributed by atoms with E-state index in [-0.39, 0.29) is 0 Å². The molecule has 0 amide bonds. The van der Waals surface area contributed by atoms with Gasteiger partial charge in [0, 0.05) is 17.2 Å². The fraction of sp³-hybridized carbons (Fsp3) is 0.111. The van der Waals surface area contributed by atoms with Crippen LogP contribution in [-0.2, 0) is 0 Å². The summed E-state index contributed by atoms with van der Waals surface area (Å²) in [6, 6.07) is 8.03. The molecule has 0 aromatic heterocycles. The maximum absolute atomic E-state index is 3.85. The van der Waals surface area contributed by atoms with Gasteiger partial charge in [-0.3, -0.25) is 0 Å². The van der Waals surface area contributed by atoms with Gasteiger partial charge in [0.25, 0.3) is 0 Å². The summed E-state index contributed by atoms with van der Waals surface area (Å²) >= 11 is 3.37. The van der Waals surface area contributed by atoms with Crippen molar-refractivity contribution in [3.8, 4) is 0 Å². The second kappa shape index (κ2) is 3.58. The number of hydrogen-bond acceptors (Lipinski definition) is 1. The fourth-order valence-electron chi connectivity index (χ4n) is 0.795. The van der Waals surface area contributed by atoms with Gasteiger partial charge in [0.15, 0.2) is 0 Å². The first kappa shape index (κ1) is 8.34. The maximum Gasteiger partial charge on any atom is 0.0338 e. The average molecular weight is 212 g/mol. The van der Waals surface area contributed by atoms with Crippen LogP contribution in [0.15, 0.2) is 35.3 Å². The van der Waals surface area contributed by atoms with E-state index in [1.54, 1.807) is 0 Å². The van der Waals surface area contributed by atoms with Crippen LogP contribution in [0, 0.1) is 0 Å². The van der Waals surface area contributed by atoms with Crippen molar-refractivity contribution in [1.82, 2.24) is 5.32 Å². The highest BCUT2D eigenvalue weighted by Gasteiger charge is 1.93. The van der Waals surface area contributed by atoms with Crippen LogP contribution in [0.3, 0.4) is 0 Å². The van der Waals surface area contributed by atoms with Gasteiger partial charge in [0.05, 0.1) is 0 Å². The Morgan fingerprint density at radius 2 is 1.91 bits per heavy atom. The minimum atomic E-state index is 0.942. The smallest absolute Gasteiger partial charge is 0.0338 e. The highest BCUT2D eigenvalue weighted by molar-refractivity contribution is 9.10. The molecule has 0 saturated carbocycles. The molecule has 0 atom stereocenters. The maximum atomic E-state index is 3.85. The summed E-state index contributed by atoms with van der Waals surface area (Å²) in [5.41, 5.74) is 2.06. The number of rotatable bonds is 2. The third kappa shape index (κ3) is 2.09. The third-order valence-electron chi connectivity index (χ3n) is 1.49. The van der Waals surface area contributed by atoms with Crippen LogP contribution < -0.4 is 5.32 Å². The van der Waals surface area contributed by atoms with E-state index in [1.165, 1.54) is 0 Å². The van der Waals surface area contributed by atoms with E-state index in [0.717, 1.165) is 15.7 Å². The van der Waals surface area contributed by atoms with Crippen LogP contribution in [0.5, 0.6) is 0 Å². The standard InChI is InChI=1S/C9H10BrN/c1-7(11-2)8-3-5-9(10)6-4-8/h3-6,11H,1H2,2H3. The van der Waals surface area contributed by atoms with Gasteiger partial charge in [0.1, 0.15) is 0 Å². The molecule has 0 aliphatic heterocycles. The molecule has 0 bridgehead atoms. The van der Waals surface area contributed by atoms with Gasteiger partial charge in [-0.15, -0.1) is 0 Å². The predicted molar refractivity (Wildman–Crippen MR) is 52.2 cm³/mol. The third-order valence-corrected chi connectivity index (χ3v) is 2.02. The lowest BCUT2D eigenvalue weighted by atomic mass is 10.2. The average Bonchev–Trinajstić information content (AvgIpc) is 2.05. The van der Waals surface area contributed by atoms with Gasteiger partial charge in [-0.1, -0.05) is 34.6 Å². The molecule has 0 aliphatic carbocycles. The van der Waals surface area contributed by atoms with Gasteiger partial charge in [-0.2, -0.15) is 0 Å². The lowest BCUT2D eigenvalue weighted by Gasteiger charge is -2.03. The molecule has 0 heterocycles. The van der Waals surface area contributed by atoms with Crippen LogP contribution in [-0.4, -0.2) is 7.05 Å². The van der Waals surface area contributed by atoms with Gasteiger partial charge >= 0.3 is 0 Å². The van der Waals surface area contributed by atoms with Gasteiger partial charge in [-0.25, -0.2) is 0 Å². The van der Waals surface area contributed by atoms with Crippen molar-refractivity contribution >= 4 is 21.6 Å². The normalized spacial score (nSPS) is 9.27. The molecule has 2 heteroatoms. The minimum absolute atomic E-state index is 0.942. The van der Waals surface area contributed by atoms with Gasteiger partial charge < -0.3 is 5.32 Å². The summed E-state index contributed by atoms with van der Waals surface area (Å²) < 4.78 is 1.09. The second-order valence-corrected chi connectivity index (χ2v) is 3.15. The van der Waals surface area contributed by atoms with E-state index in [9.17, 15) is 0 Å². The van der Waals surface area contributed by atoms with E-state index in [0.29, 0.717) is 0 Å². The Morgan fingerprint density at radius 1 is 1.36 bits per heavy atom. The van der Waals surface area contributed by atoms with E-state index in [1.807, 2.05) is 31.3 Å². The van der Waals surface area contributed by atoms with Crippen molar-refractivity contribution < 1.29 is 0 Å². The monoisotopic (exact) mass is 211 g/mol. The molecular weight excluding hydrogens is 202 g/mol. The number of hydrogen-bond donors (Lipinski definition) is 1. The van der Waals surface area contributed by atoms with E-state index in [4.69, 9.17) is 0 Å². The van der Waals surface area contributed by atoms with Gasteiger partial charge in [-0.05, 0) is 17.7 Å². The molecule has 1 aromatic carbocycles. The fourth-order valence-corrected chi connectivity index (χ4v) is 1.06. The van der Waals surface area contributed by atoms with Crippen molar-refractivity contribution in [1.29, 1.82) is 0 Å². The first-order valence-electron chi connectivity index (χ1n) is 3.36. The number of halogens is 1. The lowest BCUT2D eigenvalue weighted by Crippen LogP contribution is -2.02. The van der Waals surface area contributed by atoms with Crippen molar-refractivity contribution in [2.45, 2.75) is 0 Å². The molecule has 1 aromatic rings. The molecule has 0 saturated heterocycles. The Labute approximate surface area is 75.3 Å². The molecule has 0 spiro atoms. The van der Waals surface area contributed by atoms with E-state index >= 15 is 0 Å². The molecular formula is C9H10BrN. The zero-order chi connectivity index (χ0) is 8.27. The Hall–Kier alpha value is -0.760. The summed E-state index contributed by atoms with van der Waals surface area (Å²) in [5, 5.41) is 2.99. The molecule has 1 nitrogen and oxygen atoms in total. The van der Waals surface area contributed by atoms with Crippen LogP contribution in [0.2, 0.25) is 0 Å². The Kier molecular flexibility index (Phi) is 2.71. The number of nitrogens with one attached hydrogen (secondary N) is 1. The molecule has 58 valence electrons. The van der Waals surface area contributed by atoms with Crippen molar-refractivity contribution in [3.05, 3.63) is 40.9 Å². The summed E-state index contributed by atoms with van der Waals surface area (Å²) in [6.07, 6.45) is 0. The van der Waals surface area contributed by atoms with Crippen molar-refractivity contribution in [3.63, 3.8) is 0 Å². The quantitative estimate of drug-likeness (QED) is 0.794. The van der Waals surface area contributed by atoms with Crippen molar-refractivity contribution in [2.75, 3.05) is 7.05 Å². The largest absolute Gasteiger partial charge is 0.388 e. The SMILES string of the molecule is C=C(NC)c1ccc(Br)cc1. The molecule has 0 unspecified atom stereocenters. The summed E-state index contributed by atoms with van der Waals surface area (Å²) in [6.45, 7) is 3.85. The zero-order valence-electron chi connectivity index (χ0n) is 6.39. The van der Waals surface area contributed by atoms with Crippen LogP contribution >= 0.6 is 15.9 Å². The minimum Gasteiger partial charge on any atom is -0.388 e. The molecule has 0 radical (unpaired) electrons. The highest BCUT2D eigenvalue weighted by atomic mass is 79.9. The Morgan fingerprint density at radius 3 is 2.36 bits per heavy atom. The van der Waals surface area contributed by atoms with E-state index in [2.05, 4.69) is 27.8 Å². The first-order chi connectivity index (χ1) is 5.24. The number of benzene rings is 1. The summed E-state index contributed by atoms with van der Waals surface area (Å²) in [7, 11) is 1.87. The molecule has 1 rings (SSSR count). The lowest BCUT2D eigenvalue weighted by molar-refractivity contribution is 1.13. The molecule has 1 N–H and O–H groups in total. The molecule has 0 fully saturated rings. The van der Waals surface area contributed by atoms with Crippen LogP contribution in [0.4, 0.5) is 0 Å². The van der Waals surface area contributed by atoms with E-state index < -0.39 is 0 Å². The predicted octanol–water partition coefficient (Wildman–Crippen LogP) is 2.64. The topological polar surface area (TPSA) is 12.0 Å². The molecule has 0 aliphatic rings. The second-order valence-electron chi connectivity index (χ2n) is 2.24. The zero-order valence-corrected chi connectivity index (χ0v) is 7.98. The highest BCUT2D eigenvalue weighted by Crippen LogP contribution is 2.14. The Bertz CT molecular complexity index is 251. The van der Waals surface area contributed by atoms with Gasteiger partial charge in [0.2, 0.25) is 0 Å².